The fraction of sp³-hybridized carbons (Fsp3) is 0.167. The summed E-state index contributed by atoms with van der Waals surface area (Å²) < 4.78 is 12.2. The summed E-state index contributed by atoms with van der Waals surface area (Å²) in [5.74, 6) is 0.130. The van der Waals surface area contributed by atoms with Gasteiger partial charge in [0.1, 0.15) is 6.61 Å². The number of ether oxygens (including phenoxy) is 2. The molecule has 0 saturated heterocycles. The molecule has 0 spiro atoms. The molecule has 4 aromatic rings. The van der Waals surface area contributed by atoms with Gasteiger partial charge in [-0.25, -0.2) is 14.5 Å². The van der Waals surface area contributed by atoms with Crippen molar-refractivity contribution >= 4 is 17.1 Å². The number of fused-ring (bicyclic) bond motifs is 1. The highest BCUT2D eigenvalue weighted by molar-refractivity contribution is 5.88. The van der Waals surface area contributed by atoms with Crippen molar-refractivity contribution in [1.82, 2.24) is 29.7 Å². The van der Waals surface area contributed by atoms with Crippen molar-refractivity contribution in [2.45, 2.75) is 13.5 Å². The third kappa shape index (κ3) is 3.47. The van der Waals surface area contributed by atoms with Crippen LogP contribution < -0.4 is 4.74 Å². The second kappa shape index (κ2) is 7.24. The Morgan fingerprint density at radius 3 is 2.89 bits per heavy atom. The third-order valence-electron chi connectivity index (χ3n) is 3.75. The second-order valence-electron chi connectivity index (χ2n) is 5.60. The van der Waals surface area contributed by atoms with Crippen molar-refractivity contribution in [3.63, 3.8) is 0 Å². The molecule has 3 heterocycles. The normalized spacial score (nSPS) is 10.9. The molecule has 0 radical (unpaired) electrons. The minimum absolute atomic E-state index is 0.255. The summed E-state index contributed by atoms with van der Waals surface area (Å²) in [5.41, 5.74) is 2.35. The lowest BCUT2D eigenvalue weighted by molar-refractivity contribution is 0.0526. The van der Waals surface area contributed by atoms with Crippen molar-refractivity contribution < 1.29 is 14.3 Å². The molecule has 4 rings (SSSR count). The van der Waals surface area contributed by atoms with Gasteiger partial charge in [0.2, 0.25) is 5.88 Å². The van der Waals surface area contributed by atoms with E-state index >= 15 is 0 Å². The van der Waals surface area contributed by atoms with Crippen molar-refractivity contribution in [2.75, 3.05) is 6.61 Å². The number of imidazole rings is 1. The molecule has 3 aromatic heterocycles. The quantitative estimate of drug-likeness (QED) is 0.523. The van der Waals surface area contributed by atoms with Crippen LogP contribution >= 0.6 is 0 Å². The molecule has 9 nitrogen and oxygen atoms in total. The average molecular weight is 364 g/mol. The second-order valence-corrected chi connectivity index (χ2v) is 5.60. The summed E-state index contributed by atoms with van der Waals surface area (Å²) in [5, 5.41) is 4.14. The zero-order valence-electron chi connectivity index (χ0n) is 14.5. The molecule has 0 aliphatic carbocycles. The summed E-state index contributed by atoms with van der Waals surface area (Å²) in [4.78, 5) is 27.8. The van der Waals surface area contributed by atoms with Gasteiger partial charge in [-0.2, -0.15) is 15.1 Å². The Morgan fingerprint density at radius 1 is 1.22 bits per heavy atom. The molecule has 0 bridgehead atoms. The van der Waals surface area contributed by atoms with E-state index < -0.39 is 5.97 Å². The number of aromatic amines is 1. The summed E-state index contributed by atoms with van der Waals surface area (Å²) in [7, 11) is 0. The minimum atomic E-state index is -0.452. The number of aromatic nitrogens is 6. The molecular formula is C18H16N6O3. The average Bonchev–Trinajstić information content (AvgIpc) is 3.36. The van der Waals surface area contributed by atoms with Gasteiger partial charge in [-0.1, -0.05) is 30.3 Å². The van der Waals surface area contributed by atoms with E-state index in [0.29, 0.717) is 29.2 Å². The first-order valence-electron chi connectivity index (χ1n) is 8.34. The standard InChI is InChI=1S/C18H16N6O3/c1-2-26-17(25)13-8-21-24(9-13)18-22-15-14(19-11-20-15)16(23-18)27-10-12-6-4-3-5-7-12/h3-9,11H,2,10H2,1H3,(H,19,20,22,23). The monoisotopic (exact) mass is 364 g/mol. The van der Waals surface area contributed by atoms with Crippen LogP contribution in [0.3, 0.4) is 0 Å². The lowest BCUT2D eigenvalue weighted by Crippen LogP contribution is -2.06. The molecule has 0 amide bonds. The van der Waals surface area contributed by atoms with Crippen LogP contribution in [0.2, 0.25) is 0 Å². The Bertz CT molecular complexity index is 1070. The molecule has 0 aliphatic rings. The number of nitrogens with one attached hydrogen (secondary N) is 1. The van der Waals surface area contributed by atoms with E-state index in [2.05, 4.69) is 25.0 Å². The van der Waals surface area contributed by atoms with Gasteiger partial charge in [0.05, 0.1) is 24.7 Å². The number of esters is 1. The van der Waals surface area contributed by atoms with Gasteiger partial charge >= 0.3 is 5.97 Å². The SMILES string of the molecule is CCOC(=O)c1cnn(-c2nc(OCc3ccccc3)c3nc[nH]c3n2)c1. The first-order chi connectivity index (χ1) is 13.2. The van der Waals surface area contributed by atoms with Gasteiger partial charge in [-0.3, -0.25) is 0 Å². The van der Waals surface area contributed by atoms with Crippen LogP contribution in [0.4, 0.5) is 0 Å². The number of benzene rings is 1. The number of hydrogen-bond acceptors (Lipinski definition) is 7. The maximum atomic E-state index is 11.8. The number of rotatable bonds is 6. The Labute approximate surface area is 154 Å². The Balaban J connectivity index is 1.65. The fourth-order valence-electron chi connectivity index (χ4n) is 2.48. The van der Waals surface area contributed by atoms with Crippen LogP contribution in [0.5, 0.6) is 5.88 Å². The van der Waals surface area contributed by atoms with Crippen LogP contribution in [0, 0.1) is 0 Å². The maximum absolute atomic E-state index is 11.8. The van der Waals surface area contributed by atoms with E-state index in [4.69, 9.17) is 9.47 Å². The van der Waals surface area contributed by atoms with E-state index in [1.54, 1.807) is 6.92 Å². The highest BCUT2D eigenvalue weighted by atomic mass is 16.5. The zero-order chi connectivity index (χ0) is 18.6. The molecule has 1 aromatic carbocycles. The molecule has 0 atom stereocenters. The van der Waals surface area contributed by atoms with E-state index in [9.17, 15) is 4.79 Å². The van der Waals surface area contributed by atoms with Crippen LogP contribution in [0.15, 0.2) is 49.1 Å². The lowest BCUT2D eigenvalue weighted by Gasteiger charge is -2.07. The van der Waals surface area contributed by atoms with Gasteiger partial charge < -0.3 is 14.5 Å². The van der Waals surface area contributed by atoms with Gasteiger partial charge in [-0.05, 0) is 12.5 Å². The van der Waals surface area contributed by atoms with Crippen LogP contribution in [0.25, 0.3) is 17.1 Å². The molecule has 9 heteroatoms. The molecule has 1 N–H and O–H groups in total. The molecule has 0 unspecified atom stereocenters. The highest BCUT2D eigenvalue weighted by Crippen LogP contribution is 2.21. The van der Waals surface area contributed by atoms with E-state index in [-0.39, 0.29) is 12.6 Å². The Kier molecular flexibility index (Phi) is 4.48. The summed E-state index contributed by atoms with van der Waals surface area (Å²) in [6.07, 6.45) is 4.44. The van der Waals surface area contributed by atoms with E-state index in [0.717, 1.165) is 5.56 Å². The van der Waals surface area contributed by atoms with Crippen LogP contribution in [-0.2, 0) is 11.3 Å². The number of H-pyrrole nitrogens is 1. The fourth-order valence-corrected chi connectivity index (χ4v) is 2.48. The van der Waals surface area contributed by atoms with Gasteiger partial charge in [0, 0.05) is 6.20 Å². The number of carbonyl (C=O) groups excluding carboxylic acids is 1. The first kappa shape index (κ1) is 16.7. The predicted octanol–water partition coefficient (Wildman–Crippen LogP) is 2.29. The lowest BCUT2D eigenvalue weighted by atomic mass is 10.2. The van der Waals surface area contributed by atoms with Gasteiger partial charge in [-0.15, -0.1) is 0 Å². The first-order valence-corrected chi connectivity index (χ1v) is 8.34. The smallest absolute Gasteiger partial charge is 0.341 e. The summed E-state index contributed by atoms with van der Waals surface area (Å²) in [6, 6.07) is 9.74. The molecule has 0 aliphatic heterocycles. The molecule has 27 heavy (non-hydrogen) atoms. The zero-order valence-corrected chi connectivity index (χ0v) is 14.5. The maximum Gasteiger partial charge on any atom is 0.341 e. The Hall–Kier alpha value is -3.75. The van der Waals surface area contributed by atoms with Gasteiger partial charge in [0.15, 0.2) is 11.2 Å². The predicted molar refractivity (Wildman–Crippen MR) is 95.5 cm³/mol. The minimum Gasteiger partial charge on any atom is -0.471 e. The van der Waals surface area contributed by atoms with E-state index in [1.165, 1.54) is 23.4 Å². The number of nitrogens with zero attached hydrogens (tertiary/aromatic N) is 5. The molecule has 136 valence electrons. The summed E-state index contributed by atoms with van der Waals surface area (Å²) in [6.45, 7) is 2.37. The van der Waals surface area contributed by atoms with Crippen molar-refractivity contribution in [3.05, 3.63) is 60.2 Å². The van der Waals surface area contributed by atoms with Crippen LogP contribution in [-0.4, -0.2) is 42.3 Å². The Morgan fingerprint density at radius 2 is 2.07 bits per heavy atom. The number of carbonyl (C=O) groups is 1. The molecule has 0 saturated carbocycles. The van der Waals surface area contributed by atoms with Crippen molar-refractivity contribution in [3.8, 4) is 11.8 Å². The van der Waals surface area contributed by atoms with Crippen LogP contribution in [0.1, 0.15) is 22.8 Å². The number of hydrogen-bond donors (Lipinski definition) is 1. The molecular weight excluding hydrogens is 348 g/mol. The largest absolute Gasteiger partial charge is 0.471 e. The van der Waals surface area contributed by atoms with Gasteiger partial charge in [0.25, 0.3) is 5.95 Å². The van der Waals surface area contributed by atoms with E-state index in [1.807, 2.05) is 30.3 Å². The third-order valence-corrected chi connectivity index (χ3v) is 3.75. The van der Waals surface area contributed by atoms with Crippen molar-refractivity contribution in [2.24, 2.45) is 0 Å². The highest BCUT2D eigenvalue weighted by Gasteiger charge is 2.16. The van der Waals surface area contributed by atoms with Crippen molar-refractivity contribution in [1.29, 1.82) is 0 Å². The topological polar surface area (TPSA) is 108 Å². The summed E-state index contributed by atoms with van der Waals surface area (Å²) >= 11 is 0. The molecule has 0 fully saturated rings.